The lowest BCUT2D eigenvalue weighted by Crippen LogP contribution is -2.70. The van der Waals surface area contributed by atoms with Crippen molar-refractivity contribution in [2.24, 2.45) is 0 Å². The van der Waals surface area contributed by atoms with Gasteiger partial charge in [-0.2, -0.15) is 0 Å². The molecule has 18 nitrogen and oxygen atoms in total. The average Bonchev–Trinajstić information content (AvgIpc) is 2.90. The largest absolute Gasteiger partial charge is 0.394 e. The number of hydrogen-bond acceptors (Lipinski definition) is 16. The van der Waals surface area contributed by atoms with Gasteiger partial charge in [0.1, 0.15) is 73.1 Å². The van der Waals surface area contributed by atoms with E-state index in [1.54, 1.807) is 0 Å². The zero-order valence-corrected chi connectivity index (χ0v) is 21.7. The van der Waals surface area contributed by atoms with Gasteiger partial charge in [0.15, 0.2) is 18.9 Å². The second kappa shape index (κ2) is 14.0. The van der Waals surface area contributed by atoms with E-state index in [0.29, 0.717) is 0 Å². The Morgan fingerprint density at radius 2 is 1.05 bits per heavy atom. The van der Waals surface area contributed by atoms with E-state index in [2.05, 4.69) is 10.6 Å². The number of aliphatic hydroxyl groups excluding tert-OH is 9. The summed E-state index contributed by atoms with van der Waals surface area (Å²) in [5.41, 5.74) is 0. The third-order valence-corrected chi connectivity index (χ3v) is 6.90. The van der Waals surface area contributed by atoms with Gasteiger partial charge in [-0.3, -0.25) is 9.59 Å². The number of ether oxygens (including phenoxy) is 5. The third-order valence-electron chi connectivity index (χ3n) is 6.90. The smallest absolute Gasteiger partial charge is 0.217 e. The highest BCUT2D eigenvalue weighted by molar-refractivity contribution is 5.73. The summed E-state index contributed by atoms with van der Waals surface area (Å²) >= 11 is 0. The number of carbonyl (C=O) groups is 2. The lowest BCUT2D eigenvalue weighted by molar-refractivity contribution is -0.360. The van der Waals surface area contributed by atoms with Gasteiger partial charge in [0.2, 0.25) is 11.8 Å². The predicted molar refractivity (Wildman–Crippen MR) is 124 cm³/mol. The van der Waals surface area contributed by atoms with Gasteiger partial charge in [0.25, 0.3) is 0 Å². The molecule has 3 heterocycles. The quantitative estimate of drug-likeness (QED) is 0.120. The van der Waals surface area contributed by atoms with Crippen molar-refractivity contribution in [2.75, 3.05) is 19.8 Å². The molecule has 232 valence electrons. The number of aliphatic hydroxyl groups is 9. The Balaban J connectivity index is 1.85. The molecule has 11 N–H and O–H groups in total. The van der Waals surface area contributed by atoms with Crippen molar-refractivity contribution >= 4 is 11.8 Å². The van der Waals surface area contributed by atoms with E-state index in [9.17, 15) is 55.5 Å². The Bertz CT molecular complexity index is 852. The fourth-order valence-corrected chi connectivity index (χ4v) is 4.87. The molecular formula is C22H38N2O16. The van der Waals surface area contributed by atoms with Crippen molar-refractivity contribution in [3.63, 3.8) is 0 Å². The Kier molecular flexibility index (Phi) is 11.5. The second-order valence-corrected chi connectivity index (χ2v) is 9.81. The molecule has 0 unspecified atom stereocenters. The molecule has 0 spiro atoms. The Labute approximate surface area is 228 Å². The van der Waals surface area contributed by atoms with Crippen LogP contribution in [0.3, 0.4) is 0 Å². The Morgan fingerprint density at radius 3 is 1.57 bits per heavy atom. The van der Waals surface area contributed by atoms with Crippen LogP contribution in [0.4, 0.5) is 0 Å². The summed E-state index contributed by atoms with van der Waals surface area (Å²) in [6.45, 7) is -0.117. The summed E-state index contributed by atoms with van der Waals surface area (Å²) in [6, 6.07) is -2.87. The van der Waals surface area contributed by atoms with Crippen molar-refractivity contribution in [3.8, 4) is 0 Å². The van der Waals surface area contributed by atoms with Crippen molar-refractivity contribution in [3.05, 3.63) is 0 Å². The lowest BCUT2D eigenvalue weighted by Gasteiger charge is -2.49. The second-order valence-electron chi connectivity index (χ2n) is 9.81. The van der Waals surface area contributed by atoms with Crippen LogP contribution in [0.2, 0.25) is 0 Å². The highest BCUT2D eigenvalue weighted by Crippen LogP contribution is 2.32. The topological polar surface area (TPSA) is 286 Å². The molecule has 3 aliphatic rings. The molecule has 40 heavy (non-hydrogen) atoms. The normalized spacial score (nSPS) is 46.0. The summed E-state index contributed by atoms with van der Waals surface area (Å²) in [7, 11) is 0. The van der Waals surface area contributed by atoms with Crippen LogP contribution >= 0.6 is 0 Å². The summed E-state index contributed by atoms with van der Waals surface area (Å²) < 4.78 is 27.7. The van der Waals surface area contributed by atoms with Crippen molar-refractivity contribution in [2.45, 2.75) is 106 Å². The molecule has 0 bridgehead atoms. The Morgan fingerprint density at radius 1 is 0.600 bits per heavy atom. The molecular weight excluding hydrogens is 548 g/mol. The van der Waals surface area contributed by atoms with E-state index in [-0.39, 0.29) is 0 Å². The van der Waals surface area contributed by atoms with Gasteiger partial charge in [-0.05, 0) is 0 Å². The molecule has 3 saturated heterocycles. The minimum atomic E-state index is -1.85. The molecule has 18 heteroatoms. The number of carbonyl (C=O) groups excluding carboxylic acids is 2. The van der Waals surface area contributed by atoms with Crippen molar-refractivity contribution in [1.29, 1.82) is 0 Å². The van der Waals surface area contributed by atoms with E-state index in [1.807, 2.05) is 0 Å². The van der Waals surface area contributed by atoms with Crippen molar-refractivity contribution in [1.82, 2.24) is 10.6 Å². The van der Waals surface area contributed by atoms with Crippen LogP contribution in [0, 0.1) is 0 Å². The molecule has 0 aromatic heterocycles. The SMILES string of the molecule is CC(=O)N[C@@H]1[C@@H](O)[C@H](O[C@@H]2O[C@H](CO)[C@@H](O[C@H]3O[C@H](CO)[C@@H](O)[C@H](O)[C@@H]3O)[C@H](O)[C@H]2NC(C)=O)[C@@H](CO)O[C@@H]1O. The van der Waals surface area contributed by atoms with E-state index in [4.69, 9.17) is 23.7 Å². The zero-order chi connectivity index (χ0) is 29.9. The number of hydrogen-bond donors (Lipinski definition) is 11. The van der Waals surface area contributed by atoms with Crippen LogP contribution in [-0.2, 0) is 33.3 Å². The Hall–Kier alpha value is -1.62. The highest BCUT2D eigenvalue weighted by atomic mass is 16.7. The zero-order valence-electron chi connectivity index (χ0n) is 21.7. The fraction of sp³-hybridized carbons (Fsp3) is 0.909. The van der Waals surface area contributed by atoms with Gasteiger partial charge >= 0.3 is 0 Å². The predicted octanol–water partition coefficient (Wildman–Crippen LogP) is -7.29. The maximum Gasteiger partial charge on any atom is 0.217 e. The van der Waals surface area contributed by atoms with Crippen LogP contribution in [0.15, 0.2) is 0 Å². The van der Waals surface area contributed by atoms with Gasteiger partial charge in [0.05, 0.1) is 19.8 Å². The number of amides is 2. The first-order chi connectivity index (χ1) is 18.8. The molecule has 15 atom stereocenters. The number of nitrogens with one attached hydrogen (secondary N) is 2. The van der Waals surface area contributed by atoms with Gasteiger partial charge in [-0.1, -0.05) is 0 Å². The maximum absolute atomic E-state index is 12.0. The molecule has 3 fully saturated rings. The standard InChI is InChI=1S/C22H38N2O16/c1-6(28)23-11-14(31)18(9(4-26)36-20(11)35)39-21-12(24-7(2)29)15(32)19(10(5-27)38-21)40-22-17(34)16(33)13(30)8(3-25)37-22/h8-22,25-27,30-35H,3-5H2,1-2H3,(H,23,28)(H,24,29)/t8-,9-,10-,11-,12-,13-,14-,15-,16+,17+,18-,19-,20+,21+,22-/m1/s1. The van der Waals surface area contributed by atoms with E-state index >= 15 is 0 Å². The molecule has 0 aromatic carbocycles. The molecule has 2 amide bonds. The fourth-order valence-electron chi connectivity index (χ4n) is 4.87. The maximum atomic E-state index is 12.0. The number of rotatable bonds is 9. The molecule has 3 rings (SSSR count). The summed E-state index contributed by atoms with van der Waals surface area (Å²) in [5, 5.41) is 96.5. The van der Waals surface area contributed by atoms with Crippen LogP contribution in [0.25, 0.3) is 0 Å². The molecule has 3 aliphatic heterocycles. The monoisotopic (exact) mass is 586 g/mol. The third kappa shape index (κ3) is 7.05. The first-order valence-corrected chi connectivity index (χ1v) is 12.6. The van der Waals surface area contributed by atoms with Crippen LogP contribution in [0.1, 0.15) is 13.8 Å². The van der Waals surface area contributed by atoms with E-state index in [0.717, 1.165) is 13.8 Å². The first-order valence-electron chi connectivity index (χ1n) is 12.6. The van der Waals surface area contributed by atoms with Gasteiger partial charge in [-0.15, -0.1) is 0 Å². The minimum Gasteiger partial charge on any atom is -0.394 e. The van der Waals surface area contributed by atoms with Gasteiger partial charge < -0.3 is 80.3 Å². The molecule has 0 saturated carbocycles. The van der Waals surface area contributed by atoms with Crippen LogP contribution in [0.5, 0.6) is 0 Å². The van der Waals surface area contributed by atoms with E-state index < -0.39 is 124 Å². The van der Waals surface area contributed by atoms with Crippen LogP contribution < -0.4 is 10.6 Å². The summed E-state index contributed by atoms with van der Waals surface area (Å²) in [4.78, 5) is 23.5. The van der Waals surface area contributed by atoms with Gasteiger partial charge in [0, 0.05) is 13.8 Å². The lowest BCUT2D eigenvalue weighted by atomic mass is 9.94. The average molecular weight is 587 g/mol. The molecule has 0 radical (unpaired) electrons. The minimum absolute atomic E-state index is 0.623. The molecule has 0 aliphatic carbocycles. The van der Waals surface area contributed by atoms with Crippen LogP contribution in [-0.4, -0.2) is 170 Å². The van der Waals surface area contributed by atoms with Gasteiger partial charge in [-0.25, -0.2) is 0 Å². The first kappa shape index (κ1) is 32.9. The molecule has 0 aromatic rings. The van der Waals surface area contributed by atoms with E-state index in [1.165, 1.54) is 0 Å². The highest BCUT2D eigenvalue weighted by Gasteiger charge is 2.54. The summed E-state index contributed by atoms with van der Waals surface area (Å²) in [6.07, 6.45) is -21.1. The summed E-state index contributed by atoms with van der Waals surface area (Å²) in [5.74, 6) is -1.30. The van der Waals surface area contributed by atoms with Crippen molar-refractivity contribution < 1.29 is 79.2 Å².